The Labute approximate surface area is 194 Å². The topological polar surface area (TPSA) is 89.5 Å². The van der Waals surface area contributed by atoms with Gasteiger partial charge in [-0.25, -0.2) is 0 Å². The molecule has 32 heavy (non-hydrogen) atoms. The van der Waals surface area contributed by atoms with Crippen LogP contribution in [0.1, 0.15) is 72.6 Å². The summed E-state index contributed by atoms with van der Waals surface area (Å²) in [4.78, 5) is 24.3. The lowest BCUT2D eigenvalue weighted by atomic mass is 9.81. The Balaban J connectivity index is 3.83. The summed E-state index contributed by atoms with van der Waals surface area (Å²) in [7, 11) is 0. The first kappa shape index (κ1) is 30.8. The molecule has 0 aromatic carbocycles. The number of carbonyl (C=O) groups is 2. The van der Waals surface area contributed by atoms with Gasteiger partial charge in [-0.1, -0.05) is 40.5 Å². The molecule has 0 bridgehead atoms. The molecule has 0 aliphatic heterocycles. The fourth-order valence-electron chi connectivity index (χ4n) is 2.68. The Hall–Kier alpha value is -1.22. The fourth-order valence-corrected chi connectivity index (χ4v) is 2.68. The molecule has 0 fully saturated rings. The quantitative estimate of drug-likeness (QED) is 0.167. The summed E-state index contributed by atoms with van der Waals surface area (Å²) in [6.45, 7) is 12.7. The number of ether oxygens (including phenoxy) is 6. The fraction of sp³-hybridized carbons (Fsp3) is 0.917. The van der Waals surface area contributed by atoms with E-state index in [2.05, 4.69) is 13.8 Å². The lowest BCUT2D eigenvalue weighted by Gasteiger charge is -2.26. The molecule has 0 spiro atoms. The zero-order chi connectivity index (χ0) is 23.9. The van der Waals surface area contributed by atoms with Gasteiger partial charge in [0.25, 0.3) is 0 Å². The van der Waals surface area contributed by atoms with Crippen molar-refractivity contribution >= 4 is 11.9 Å². The van der Waals surface area contributed by atoms with Crippen LogP contribution in [-0.4, -0.2) is 78.0 Å². The molecule has 0 aliphatic carbocycles. The van der Waals surface area contributed by atoms with Crippen molar-refractivity contribution in [2.75, 3.05) is 66.1 Å². The van der Waals surface area contributed by atoms with E-state index in [-0.39, 0.29) is 38.0 Å². The van der Waals surface area contributed by atoms with E-state index >= 15 is 0 Å². The molecule has 0 aromatic rings. The first-order chi connectivity index (χ1) is 15.5. The number of rotatable bonds is 23. The Morgan fingerprint density at radius 1 is 0.562 bits per heavy atom. The minimum Gasteiger partial charge on any atom is -0.463 e. The van der Waals surface area contributed by atoms with Crippen molar-refractivity contribution in [3.05, 3.63) is 0 Å². The Morgan fingerprint density at radius 3 is 1.25 bits per heavy atom. The van der Waals surface area contributed by atoms with Crippen LogP contribution in [0.2, 0.25) is 0 Å². The van der Waals surface area contributed by atoms with Gasteiger partial charge >= 0.3 is 11.9 Å². The maximum Gasteiger partial charge on any atom is 0.306 e. The Morgan fingerprint density at radius 2 is 0.906 bits per heavy atom. The lowest BCUT2D eigenvalue weighted by molar-refractivity contribution is -0.152. The lowest BCUT2D eigenvalue weighted by Crippen LogP contribution is -2.27. The van der Waals surface area contributed by atoms with E-state index in [9.17, 15) is 9.59 Å². The second kappa shape index (κ2) is 21.6. The van der Waals surface area contributed by atoms with Crippen LogP contribution < -0.4 is 0 Å². The van der Waals surface area contributed by atoms with E-state index < -0.39 is 5.41 Å². The molecule has 0 aromatic heterocycles. The van der Waals surface area contributed by atoms with Crippen LogP contribution in [0.15, 0.2) is 0 Å². The molecular weight excluding hydrogens is 416 g/mol. The van der Waals surface area contributed by atoms with Gasteiger partial charge in [0.1, 0.15) is 13.2 Å². The molecule has 0 aliphatic rings. The van der Waals surface area contributed by atoms with Crippen LogP contribution in [-0.2, 0) is 38.0 Å². The summed E-state index contributed by atoms with van der Waals surface area (Å²) in [5.74, 6) is -0.673. The predicted octanol–water partition coefficient (Wildman–Crippen LogP) is 3.94. The van der Waals surface area contributed by atoms with Crippen molar-refractivity contribution in [1.29, 1.82) is 0 Å². The number of unbranched alkanes of at least 4 members (excludes halogenated alkanes) is 2. The van der Waals surface area contributed by atoms with Gasteiger partial charge in [0.05, 0.1) is 52.5 Å². The van der Waals surface area contributed by atoms with Crippen molar-refractivity contribution in [1.82, 2.24) is 0 Å². The molecule has 190 valence electrons. The molecule has 0 atom stereocenters. The molecule has 8 nitrogen and oxygen atoms in total. The summed E-state index contributed by atoms with van der Waals surface area (Å²) < 4.78 is 32.0. The van der Waals surface area contributed by atoms with Gasteiger partial charge in [-0.2, -0.15) is 0 Å². The zero-order valence-electron chi connectivity index (χ0n) is 20.8. The van der Waals surface area contributed by atoms with Crippen molar-refractivity contribution in [3.8, 4) is 0 Å². The second-order valence-electron chi connectivity index (χ2n) is 8.12. The monoisotopic (exact) mass is 462 g/mol. The number of carbonyl (C=O) groups excluding carboxylic acids is 2. The first-order valence-electron chi connectivity index (χ1n) is 12.1. The molecular formula is C24H46O8. The highest BCUT2D eigenvalue weighted by molar-refractivity contribution is 5.74. The standard InChI is InChI=1S/C24H46O8/c1-5-8-10-27-12-14-29-16-18-31-22(25)20-24(4,7-3)21-23(26)32-19-17-30-15-13-28-11-9-6-2/h5-21H2,1-4H3. The van der Waals surface area contributed by atoms with E-state index in [1.807, 2.05) is 13.8 Å². The van der Waals surface area contributed by atoms with Crippen molar-refractivity contribution in [2.24, 2.45) is 5.41 Å². The van der Waals surface area contributed by atoms with Gasteiger partial charge in [-0.05, 0) is 24.7 Å². The third-order valence-corrected chi connectivity index (χ3v) is 5.01. The Bertz CT molecular complexity index is 419. The second-order valence-corrected chi connectivity index (χ2v) is 8.12. The van der Waals surface area contributed by atoms with Gasteiger partial charge in [0.2, 0.25) is 0 Å². The van der Waals surface area contributed by atoms with Crippen molar-refractivity contribution in [3.63, 3.8) is 0 Å². The maximum atomic E-state index is 12.1. The molecule has 0 N–H and O–H groups in total. The van der Waals surface area contributed by atoms with Crippen LogP contribution >= 0.6 is 0 Å². The highest BCUT2D eigenvalue weighted by atomic mass is 16.6. The predicted molar refractivity (Wildman–Crippen MR) is 123 cm³/mol. The number of hydrogen-bond acceptors (Lipinski definition) is 8. The van der Waals surface area contributed by atoms with Gasteiger partial charge in [-0.15, -0.1) is 0 Å². The third-order valence-electron chi connectivity index (χ3n) is 5.01. The zero-order valence-corrected chi connectivity index (χ0v) is 20.8. The summed E-state index contributed by atoms with van der Waals surface area (Å²) in [6, 6.07) is 0. The SMILES string of the molecule is CCCCOCCOCCOC(=O)CC(C)(CC)CC(=O)OCCOCCOCCCC. The van der Waals surface area contributed by atoms with E-state index in [1.54, 1.807) is 0 Å². The van der Waals surface area contributed by atoms with Gasteiger partial charge in [0.15, 0.2) is 0 Å². The van der Waals surface area contributed by atoms with Gasteiger partial charge in [0, 0.05) is 13.2 Å². The van der Waals surface area contributed by atoms with Crippen LogP contribution in [0.25, 0.3) is 0 Å². The summed E-state index contributed by atoms with van der Waals surface area (Å²) >= 11 is 0. The largest absolute Gasteiger partial charge is 0.463 e. The van der Waals surface area contributed by atoms with E-state index in [4.69, 9.17) is 28.4 Å². The molecule has 0 amide bonds. The molecule has 0 saturated heterocycles. The maximum absolute atomic E-state index is 12.1. The molecule has 0 radical (unpaired) electrons. The summed E-state index contributed by atoms with van der Waals surface area (Å²) in [6.07, 6.45) is 5.28. The van der Waals surface area contributed by atoms with E-state index in [0.29, 0.717) is 46.1 Å². The van der Waals surface area contributed by atoms with Crippen LogP contribution in [0.4, 0.5) is 0 Å². The normalized spacial score (nSPS) is 11.5. The molecule has 0 rings (SSSR count). The number of hydrogen-bond donors (Lipinski definition) is 0. The van der Waals surface area contributed by atoms with Crippen LogP contribution in [0, 0.1) is 5.41 Å². The third kappa shape index (κ3) is 19.5. The van der Waals surface area contributed by atoms with Gasteiger partial charge < -0.3 is 28.4 Å². The van der Waals surface area contributed by atoms with Crippen LogP contribution in [0.3, 0.4) is 0 Å². The molecule has 0 unspecified atom stereocenters. The highest BCUT2D eigenvalue weighted by Gasteiger charge is 2.30. The van der Waals surface area contributed by atoms with E-state index in [0.717, 1.165) is 38.9 Å². The van der Waals surface area contributed by atoms with Crippen molar-refractivity contribution in [2.45, 2.75) is 72.6 Å². The number of esters is 2. The minimum absolute atomic E-state index is 0.157. The Kier molecular flexibility index (Phi) is 20.8. The summed E-state index contributed by atoms with van der Waals surface area (Å²) in [5, 5.41) is 0. The molecule has 0 saturated carbocycles. The first-order valence-corrected chi connectivity index (χ1v) is 12.1. The van der Waals surface area contributed by atoms with E-state index in [1.165, 1.54) is 0 Å². The highest BCUT2D eigenvalue weighted by Crippen LogP contribution is 2.31. The summed E-state index contributed by atoms with van der Waals surface area (Å²) in [5.41, 5.74) is -0.504. The van der Waals surface area contributed by atoms with Gasteiger partial charge in [-0.3, -0.25) is 9.59 Å². The minimum atomic E-state index is -0.504. The molecule has 0 heterocycles. The average molecular weight is 463 g/mol. The molecule has 8 heteroatoms. The average Bonchev–Trinajstić information content (AvgIpc) is 2.76. The van der Waals surface area contributed by atoms with Crippen LogP contribution in [0.5, 0.6) is 0 Å². The van der Waals surface area contributed by atoms with Crippen molar-refractivity contribution < 1.29 is 38.0 Å². The smallest absolute Gasteiger partial charge is 0.306 e.